The van der Waals surface area contributed by atoms with Crippen molar-refractivity contribution in [3.63, 3.8) is 0 Å². The van der Waals surface area contributed by atoms with Crippen LogP contribution in [0.1, 0.15) is 212 Å². The SMILES string of the molecule is C=C(C(=O)OCC)c1ccc(OC(CCCCCCCCC)OCC(COC(CCCCCCCCC)Oc2ccc(C(=C)C(=O)OCC)cc2)OC(CCCCCCCCC)Oc2ccc(C(=C)C(=O)OCC)cc2)cc1. The molecule has 0 fully saturated rings. The molecule has 0 saturated heterocycles. The topological polar surface area (TPSA) is 134 Å². The number of esters is 3. The van der Waals surface area contributed by atoms with E-state index in [1.54, 1.807) is 57.2 Å². The first-order valence-electron chi connectivity index (χ1n) is 29.7. The minimum Gasteiger partial charge on any atom is -0.465 e. The molecular formula is C66H98O12. The van der Waals surface area contributed by atoms with Gasteiger partial charge in [0.15, 0.2) is 18.9 Å². The molecule has 3 aromatic rings. The summed E-state index contributed by atoms with van der Waals surface area (Å²) in [6.07, 6.45) is 23.1. The zero-order chi connectivity index (χ0) is 56.6. The maximum absolute atomic E-state index is 12.5. The molecule has 3 aromatic carbocycles. The molecule has 0 saturated carbocycles. The number of carbonyl (C=O) groups is 3. The third kappa shape index (κ3) is 27.9. The molecule has 3 unspecified atom stereocenters. The van der Waals surface area contributed by atoms with Crippen LogP contribution >= 0.6 is 0 Å². The molecule has 3 rings (SSSR count). The second kappa shape index (κ2) is 41.6. The summed E-state index contributed by atoms with van der Waals surface area (Å²) >= 11 is 0. The van der Waals surface area contributed by atoms with Crippen molar-refractivity contribution < 1.29 is 57.0 Å². The van der Waals surface area contributed by atoms with E-state index in [1.165, 1.54) is 77.0 Å². The van der Waals surface area contributed by atoms with Crippen molar-refractivity contribution in [1.29, 1.82) is 0 Å². The highest BCUT2D eigenvalue weighted by Gasteiger charge is 2.25. The summed E-state index contributed by atoms with van der Waals surface area (Å²) in [6.45, 7) is 24.9. The van der Waals surface area contributed by atoms with Gasteiger partial charge in [-0.2, -0.15) is 0 Å². The summed E-state index contributed by atoms with van der Waals surface area (Å²) in [5.74, 6) is 0.364. The Morgan fingerprint density at radius 2 is 0.615 bits per heavy atom. The zero-order valence-corrected chi connectivity index (χ0v) is 48.8. The van der Waals surface area contributed by atoms with Gasteiger partial charge < -0.3 is 42.6 Å². The van der Waals surface area contributed by atoms with Crippen molar-refractivity contribution in [3.05, 3.63) is 109 Å². The maximum Gasteiger partial charge on any atom is 0.338 e. The fourth-order valence-corrected chi connectivity index (χ4v) is 8.75. The highest BCUT2D eigenvalue weighted by atomic mass is 16.7. The third-order valence-corrected chi connectivity index (χ3v) is 13.4. The van der Waals surface area contributed by atoms with Crippen LogP contribution in [0.15, 0.2) is 92.5 Å². The number of hydrogen-bond donors (Lipinski definition) is 0. The van der Waals surface area contributed by atoms with Gasteiger partial charge in [0.05, 0.1) is 49.8 Å². The van der Waals surface area contributed by atoms with E-state index in [1.807, 2.05) is 36.4 Å². The molecule has 0 aliphatic heterocycles. The lowest BCUT2D eigenvalue weighted by molar-refractivity contribution is -0.199. The van der Waals surface area contributed by atoms with Crippen LogP contribution in [0.4, 0.5) is 0 Å². The van der Waals surface area contributed by atoms with Gasteiger partial charge in [0.2, 0.25) is 0 Å². The molecule has 3 atom stereocenters. The van der Waals surface area contributed by atoms with Crippen molar-refractivity contribution in [2.24, 2.45) is 0 Å². The van der Waals surface area contributed by atoms with Crippen molar-refractivity contribution in [2.45, 2.75) is 221 Å². The second-order valence-electron chi connectivity index (χ2n) is 20.0. The largest absolute Gasteiger partial charge is 0.465 e. The molecule has 434 valence electrons. The van der Waals surface area contributed by atoms with Crippen molar-refractivity contribution >= 4 is 34.6 Å². The molecule has 12 heteroatoms. The first-order valence-corrected chi connectivity index (χ1v) is 29.7. The fourth-order valence-electron chi connectivity index (χ4n) is 8.75. The van der Waals surface area contributed by atoms with Gasteiger partial charge >= 0.3 is 17.9 Å². The van der Waals surface area contributed by atoms with Gasteiger partial charge in [-0.05, 0) is 93.1 Å². The lowest BCUT2D eigenvalue weighted by atomic mass is 10.1. The molecule has 0 bridgehead atoms. The Hall–Kier alpha value is -5.43. The van der Waals surface area contributed by atoms with Gasteiger partial charge in [-0.15, -0.1) is 0 Å². The normalized spacial score (nSPS) is 12.7. The van der Waals surface area contributed by atoms with Gasteiger partial charge in [-0.3, -0.25) is 0 Å². The Bertz CT molecular complexity index is 2010. The average molecular weight is 1080 g/mol. The fraction of sp³-hybridized carbons (Fsp3) is 0.591. The Kier molecular flexibility index (Phi) is 35.6. The molecule has 0 heterocycles. The van der Waals surface area contributed by atoms with Gasteiger partial charge in [-0.25, -0.2) is 14.4 Å². The first kappa shape index (κ1) is 66.8. The quantitative estimate of drug-likeness (QED) is 0.0175. The summed E-state index contributed by atoms with van der Waals surface area (Å²) < 4.78 is 56.0. The molecule has 0 aliphatic carbocycles. The summed E-state index contributed by atoms with van der Waals surface area (Å²) in [7, 11) is 0. The van der Waals surface area contributed by atoms with Crippen LogP contribution in [0.25, 0.3) is 16.7 Å². The third-order valence-electron chi connectivity index (χ3n) is 13.4. The minimum absolute atomic E-state index is 0.114. The number of hydrogen-bond acceptors (Lipinski definition) is 12. The number of benzene rings is 3. The molecule has 0 aliphatic rings. The van der Waals surface area contributed by atoms with Crippen LogP contribution in [0.2, 0.25) is 0 Å². The van der Waals surface area contributed by atoms with Crippen LogP contribution in [0.5, 0.6) is 17.2 Å². The molecule has 12 nitrogen and oxygen atoms in total. The maximum atomic E-state index is 12.5. The average Bonchev–Trinajstić information content (AvgIpc) is 3.44. The second-order valence-corrected chi connectivity index (χ2v) is 20.0. The van der Waals surface area contributed by atoms with Gasteiger partial charge in [-0.1, -0.05) is 192 Å². The van der Waals surface area contributed by atoms with E-state index in [0.717, 1.165) is 57.8 Å². The molecule has 0 amide bonds. The van der Waals surface area contributed by atoms with E-state index in [0.29, 0.717) is 53.2 Å². The van der Waals surface area contributed by atoms with Crippen molar-refractivity contribution in [1.82, 2.24) is 0 Å². The minimum atomic E-state index is -0.679. The van der Waals surface area contributed by atoms with Crippen LogP contribution < -0.4 is 14.2 Å². The summed E-state index contributed by atoms with van der Waals surface area (Å²) in [5, 5.41) is 0. The number of rotatable bonds is 47. The molecule has 0 aromatic heterocycles. The standard InChI is InChI=1S/C66H98O12/c1-10-16-19-22-25-28-31-34-61(75-57-43-37-54(38-44-57)51(7)64(67)70-13-4)73-49-60(78-63(36-33-30-27-24-21-18-12-3)77-59-47-41-56(42-48-59)53(9)66(69)72-15-6)50-74-62(35-32-29-26-23-20-17-11-2)76-58-45-39-55(40-46-58)52(8)65(68)71-14-5/h37-48,60-63H,7-36,49-50H2,1-6H3. The van der Waals surface area contributed by atoms with E-state index in [4.69, 9.17) is 42.6 Å². The van der Waals surface area contributed by atoms with E-state index in [-0.39, 0.29) is 49.8 Å². The molecule has 78 heavy (non-hydrogen) atoms. The Morgan fingerprint density at radius 1 is 0.359 bits per heavy atom. The van der Waals surface area contributed by atoms with Crippen LogP contribution in [0.3, 0.4) is 0 Å². The molecule has 0 spiro atoms. The Labute approximate surface area is 470 Å². The number of ether oxygens (including phenoxy) is 9. The van der Waals surface area contributed by atoms with Gasteiger partial charge in [0, 0.05) is 19.3 Å². The van der Waals surface area contributed by atoms with Crippen LogP contribution in [-0.2, 0) is 42.8 Å². The lowest BCUT2D eigenvalue weighted by Crippen LogP contribution is -2.37. The molecule has 0 radical (unpaired) electrons. The lowest BCUT2D eigenvalue weighted by Gasteiger charge is -2.29. The van der Waals surface area contributed by atoms with Crippen molar-refractivity contribution in [2.75, 3.05) is 33.0 Å². The van der Waals surface area contributed by atoms with E-state index < -0.39 is 42.9 Å². The Morgan fingerprint density at radius 3 is 0.897 bits per heavy atom. The zero-order valence-electron chi connectivity index (χ0n) is 48.8. The number of unbranched alkanes of at least 4 members (excludes halogenated alkanes) is 18. The number of carbonyl (C=O) groups excluding carboxylic acids is 3. The summed E-state index contributed by atoms with van der Waals surface area (Å²) in [6, 6.07) is 21.8. The first-order chi connectivity index (χ1) is 38.0. The van der Waals surface area contributed by atoms with E-state index in [2.05, 4.69) is 40.5 Å². The monoisotopic (exact) mass is 1080 g/mol. The van der Waals surface area contributed by atoms with E-state index in [9.17, 15) is 14.4 Å². The van der Waals surface area contributed by atoms with Gasteiger partial charge in [0.1, 0.15) is 23.4 Å². The Balaban J connectivity index is 1.99. The van der Waals surface area contributed by atoms with E-state index >= 15 is 0 Å². The van der Waals surface area contributed by atoms with Crippen LogP contribution in [-0.4, -0.2) is 75.9 Å². The predicted molar refractivity (Wildman–Crippen MR) is 314 cm³/mol. The highest BCUT2D eigenvalue weighted by Crippen LogP contribution is 2.27. The molecule has 0 N–H and O–H groups in total. The molecular weight excluding hydrogens is 985 g/mol. The van der Waals surface area contributed by atoms with Crippen molar-refractivity contribution in [3.8, 4) is 17.2 Å². The highest BCUT2D eigenvalue weighted by molar-refractivity contribution is 6.16. The smallest absolute Gasteiger partial charge is 0.338 e. The summed E-state index contributed by atoms with van der Waals surface area (Å²) in [4.78, 5) is 37.5. The predicted octanol–water partition coefficient (Wildman–Crippen LogP) is 16.8. The van der Waals surface area contributed by atoms with Gasteiger partial charge in [0.25, 0.3) is 0 Å². The summed E-state index contributed by atoms with van der Waals surface area (Å²) in [5.41, 5.74) is 2.75. The van der Waals surface area contributed by atoms with Crippen LogP contribution in [0, 0.1) is 0 Å².